The monoisotopic (exact) mass is 398 g/mol. The summed E-state index contributed by atoms with van der Waals surface area (Å²) in [6.07, 6.45) is 1.44. The Labute approximate surface area is 164 Å². The van der Waals surface area contributed by atoms with Gasteiger partial charge in [-0.2, -0.15) is 4.98 Å². The van der Waals surface area contributed by atoms with Crippen LogP contribution < -0.4 is 14.3 Å². The third-order valence-corrected chi connectivity index (χ3v) is 4.92. The van der Waals surface area contributed by atoms with Crippen LogP contribution in [0.5, 0.6) is 17.7 Å². The molecule has 0 saturated carbocycles. The molecule has 0 radical (unpaired) electrons. The van der Waals surface area contributed by atoms with E-state index in [0.29, 0.717) is 36.5 Å². The van der Waals surface area contributed by atoms with Gasteiger partial charge in [0.2, 0.25) is 5.88 Å². The molecule has 0 amide bonds. The Morgan fingerprint density at radius 2 is 1.86 bits per heavy atom. The third-order valence-electron chi connectivity index (χ3n) is 4.05. The van der Waals surface area contributed by atoms with Crippen LogP contribution >= 0.6 is 11.3 Å². The molecule has 0 unspecified atom stereocenters. The minimum Gasteiger partial charge on any atom is -0.494 e. The van der Waals surface area contributed by atoms with Crippen molar-refractivity contribution >= 4 is 22.4 Å². The minimum absolute atomic E-state index is 0.0609. The average Bonchev–Trinajstić information content (AvgIpc) is 3.24. The van der Waals surface area contributed by atoms with Gasteiger partial charge < -0.3 is 19.0 Å². The number of oxazole rings is 1. The lowest BCUT2D eigenvalue weighted by Crippen LogP contribution is -2.05. The Kier molecular flexibility index (Phi) is 5.29. The fourth-order valence-electron chi connectivity index (χ4n) is 2.68. The van der Waals surface area contributed by atoms with Gasteiger partial charge in [0.15, 0.2) is 5.58 Å². The van der Waals surface area contributed by atoms with Crippen LogP contribution in [0, 0.1) is 0 Å². The van der Waals surface area contributed by atoms with Gasteiger partial charge in [-0.25, -0.2) is 0 Å². The third kappa shape index (κ3) is 4.34. The number of fused-ring (bicyclic) bond motifs is 1. The molecule has 0 fully saturated rings. The number of aromatic hydroxyl groups is 1. The Balaban J connectivity index is 1.21. The van der Waals surface area contributed by atoms with Crippen molar-refractivity contribution in [2.24, 2.45) is 0 Å². The molecule has 0 bridgehead atoms. The second-order valence-electron chi connectivity index (χ2n) is 6.11. The number of para-hydroxylation sites is 2. The number of nitrogens with zero attached hydrogens (tertiary/aromatic N) is 1. The molecular weight excluding hydrogens is 380 g/mol. The van der Waals surface area contributed by atoms with E-state index in [4.69, 9.17) is 13.9 Å². The summed E-state index contributed by atoms with van der Waals surface area (Å²) in [7, 11) is 0. The zero-order chi connectivity index (χ0) is 19.3. The molecule has 0 spiro atoms. The van der Waals surface area contributed by atoms with E-state index in [1.165, 1.54) is 0 Å². The van der Waals surface area contributed by atoms with Gasteiger partial charge >= 0.3 is 10.9 Å². The average molecular weight is 398 g/mol. The summed E-state index contributed by atoms with van der Waals surface area (Å²) in [4.78, 5) is 18.2. The van der Waals surface area contributed by atoms with E-state index >= 15 is 0 Å². The van der Waals surface area contributed by atoms with Gasteiger partial charge in [-0.1, -0.05) is 35.6 Å². The maximum Gasteiger partial charge on any atom is 0.394 e. The maximum atomic E-state index is 11.2. The highest BCUT2D eigenvalue weighted by molar-refractivity contribution is 7.09. The van der Waals surface area contributed by atoms with Crippen LogP contribution in [0.1, 0.15) is 16.9 Å². The summed E-state index contributed by atoms with van der Waals surface area (Å²) >= 11 is 1.01. The minimum atomic E-state index is -0.257. The van der Waals surface area contributed by atoms with Crippen LogP contribution in [0.25, 0.3) is 11.1 Å². The predicted molar refractivity (Wildman–Crippen MR) is 105 cm³/mol. The van der Waals surface area contributed by atoms with Crippen LogP contribution in [0.3, 0.4) is 0 Å². The fraction of sp³-hybridized carbons (Fsp3) is 0.200. The van der Waals surface area contributed by atoms with E-state index < -0.39 is 0 Å². The first-order valence-electron chi connectivity index (χ1n) is 8.78. The summed E-state index contributed by atoms with van der Waals surface area (Å²) in [5, 5.41) is 9.64. The topological polar surface area (TPSA) is 97.6 Å². The summed E-state index contributed by atoms with van der Waals surface area (Å²) < 4.78 is 16.7. The molecule has 0 aliphatic carbocycles. The summed E-state index contributed by atoms with van der Waals surface area (Å²) in [6, 6.07) is 15.1. The van der Waals surface area contributed by atoms with Crippen molar-refractivity contribution in [3.05, 3.63) is 68.6 Å². The van der Waals surface area contributed by atoms with E-state index in [0.717, 1.165) is 28.2 Å². The summed E-state index contributed by atoms with van der Waals surface area (Å²) in [5.41, 5.74) is 2.46. The highest BCUT2D eigenvalue weighted by atomic mass is 32.1. The Hall–Kier alpha value is -3.26. The first-order valence-corrected chi connectivity index (χ1v) is 9.60. The van der Waals surface area contributed by atoms with Gasteiger partial charge in [0.05, 0.1) is 18.1 Å². The van der Waals surface area contributed by atoms with Crippen molar-refractivity contribution in [3.63, 3.8) is 0 Å². The number of rotatable bonds is 8. The van der Waals surface area contributed by atoms with Gasteiger partial charge in [-0.05, 0) is 29.8 Å². The van der Waals surface area contributed by atoms with Gasteiger partial charge in [0.1, 0.15) is 11.3 Å². The largest absolute Gasteiger partial charge is 0.494 e. The number of thiazole rings is 1. The Morgan fingerprint density at radius 3 is 2.61 bits per heavy atom. The molecule has 8 heteroatoms. The number of ether oxygens (including phenoxy) is 2. The van der Waals surface area contributed by atoms with E-state index in [1.807, 2.05) is 48.5 Å². The first kappa shape index (κ1) is 18.1. The highest BCUT2D eigenvalue weighted by Gasteiger charge is 2.08. The van der Waals surface area contributed by atoms with E-state index in [2.05, 4.69) is 9.97 Å². The van der Waals surface area contributed by atoms with Crippen LogP contribution in [0.15, 0.2) is 57.7 Å². The number of benzene rings is 2. The first-order chi connectivity index (χ1) is 13.7. The lowest BCUT2D eigenvalue weighted by atomic mass is 10.1. The van der Waals surface area contributed by atoms with Crippen molar-refractivity contribution in [2.75, 3.05) is 13.2 Å². The number of aromatic amines is 1. The van der Waals surface area contributed by atoms with Crippen molar-refractivity contribution in [2.45, 2.75) is 12.8 Å². The van der Waals surface area contributed by atoms with Crippen molar-refractivity contribution in [1.29, 1.82) is 0 Å². The molecular formula is C20H18N2O5S. The summed E-state index contributed by atoms with van der Waals surface area (Å²) in [6.45, 7) is 0.941. The molecule has 0 atom stereocenters. The molecule has 144 valence electrons. The van der Waals surface area contributed by atoms with E-state index in [1.54, 1.807) is 0 Å². The number of hydrogen-bond donors (Lipinski definition) is 2. The molecule has 2 aromatic carbocycles. The Morgan fingerprint density at radius 1 is 1.07 bits per heavy atom. The lowest BCUT2D eigenvalue weighted by Gasteiger charge is -2.07. The zero-order valence-corrected chi connectivity index (χ0v) is 15.7. The lowest BCUT2D eigenvalue weighted by molar-refractivity contribution is 0.205. The quantitative estimate of drug-likeness (QED) is 0.439. The molecule has 28 heavy (non-hydrogen) atoms. The van der Waals surface area contributed by atoms with Crippen molar-refractivity contribution < 1.29 is 19.0 Å². The molecule has 4 aromatic rings. The SMILES string of the molecule is O=c1[nH]c(O)c(Cc2ccc(OCCCOc3nc4ccccc4o3)cc2)s1. The van der Waals surface area contributed by atoms with Crippen LogP contribution in [0.2, 0.25) is 0 Å². The van der Waals surface area contributed by atoms with Crippen LogP contribution in [-0.4, -0.2) is 28.3 Å². The standard InChI is InChI=1S/C20H18N2O5S/c23-18-17(28-19(24)22-18)12-13-6-8-14(9-7-13)25-10-3-11-26-20-21-15-4-1-2-5-16(15)27-20/h1-2,4-9,23H,3,10-12H2,(H,22,24). The van der Waals surface area contributed by atoms with Gasteiger partial charge in [-0.15, -0.1) is 0 Å². The normalized spacial score (nSPS) is 11.0. The van der Waals surface area contributed by atoms with E-state index in [-0.39, 0.29) is 16.8 Å². The van der Waals surface area contributed by atoms with Gasteiger partial charge in [0.25, 0.3) is 0 Å². The van der Waals surface area contributed by atoms with Crippen LogP contribution in [0.4, 0.5) is 0 Å². The number of nitrogens with one attached hydrogen (secondary N) is 1. The highest BCUT2D eigenvalue weighted by Crippen LogP contribution is 2.22. The van der Waals surface area contributed by atoms with Gasteiger partial charge in [0, 0.05) is 12.8 Å². The molecule has 2 N–H and O–H groups in total. The second kappa shape index (κ2) is 8.18. The van der Waals surface area contributed by atoms with Crippen molar-refractivity contribution in [1.82, 2.24) is 9.97 Å². The molecule has 7 nitrogen and oxygen atoms in total. The zero-order valence-electron chi connectivity index (χ0n) is 14.9. The van der Waals surface area contributed by atoms with Gasteiger partial charge in [-0.3, -0.25) is 9.78 Å². The second-order valence-corrected chi connectivity index (χ2v) is 7.17. The smallest absolute Gasteiger partial charge is 0.394 e. The molecule has 0 aliphatic heterocycles. The molecule has 0 saturated heterocycles. The van der Waals surface area contributed by atoms with E-state index in [9.17, 15) is 9.90 Å². The molecule has 0 aliphatic rings. The number of aromatic nitrogens is 2. The molecule has 2 aromatic heterocycles. The fourth-order valence-corrected chi connectivity index (χ4v) is 3.44. The Bertz CT molecular complexity index is 1080. The van der Waals surface area contributed by atoms with Crippen molar-refractivity contribution in [3.8, 4) is 17.7 Å². The molecule has 4 rings (SSSR count). The number of H-pyrrole nitrogens is 1. The van der Waals surface area contributed by atoms with Crippen LogP contribution in [-0.2, 0) is 6.42 Å². The maximum absolute atomic E-state index is 11.2. The molecule has 2 heterocycles. The summed E-state index contributed by atoms with van der Waals surface area (Å²) in [5.74, 6) is 0.686. The number of hydrogen-bond acceptors (Lipinski definition) is 7. The predicted octanol–water partition coefficient (Wildman–Crippen LogP) is 3.72.